The first-order valence-corrected chi connectivity index (χ1v) is 10.4. The number of halogens is 1. The van der Waals surface area contributed by atoms with E-state index in [1.54, 1.807) is 6.20 Å². The lowest BCUT2D eigenvalue weighted by Crippen LogP contribution is -2.39. The maximum atomic E-state index is 12.7. The highest BCUT2D eigenvalue weighted by Gasteiger charge is 2.24. The molecule has 7 heteroatoms. The summed E-state index contributed by atoms with van der Waals surface area (Å²) in [7, 11) is 0. The van der Waals surface area contributed by atoms with Crippen LogP contribution in [0.25, 0.3) is 5.65 Å². The zero-order valence-corrected chi connectivity index (χ0v) is 17.0. The molecule has 148 valence electrons. The van der Waals surface area contributed by atoms with Gasteiger partial charge >= 0.3 is 0 Å². The maximum Gasteiger partial charge on any atom is 0.271 e. The summed E-state index contributed by atoms with van der Waals surface area (Å²) in [6, 6.07) is 2.00. The van der Waals surface area contributed by atoms with Crippen LogP contribution < -0.4 is 5.32 Å². The van der Waals surface area contributed by atoms with E-state index in [0.29, 0.717) is 22.6 Å². The van der Waals surface area contributed by atoms with Crippen molar-refractivity contribution < 1.29 is 9.53 Å². The quantitative estimate of drug-likeness (QED) is 0.679. The van der Waals surface area contributed by atoms with Crippen LogP contribution in [-0.4, -0.2) is 39.3 Å². The number of fused-ring (bicyclic) bond motifs is 1. The molecule has 2 heterocycles. The summed E-state index contributed by atoms with van der Waals surface area (Å²) >= 11 is 6.09. The molecule has 6 nitrogen and oxygen atoms in total. The Kier molecular flexibility index (Phi) is 7.07. The highest BCUT2D eigenvalue weighted by Crippen LogP contribution is 2.22. The van der Waals surface area contributed by atoms with Crippen LogP contribution in [0.3, 0.4) is 0 Å². The second-order valence-electron chi connectivity index (χ2n) is 7.41. The molecule has 27 heavy (non-hydrogen) atoms. The molecule has 0 aliphatic heterocycles. The van der Waals surface area contributed by atoms with E-state index in [1.165, 1.54) is 23.8 Å². The van der Waals surface area contributed by atoms with Crippen LogP contribution in [0.15, 0.2) is 12.3 Å². The third-order valence-corrected chi connectivity index (χ3v) is 5.59. The van der Waals surface area contributed by atoms with Crippen molar-refractivity contribution in [3.63, 3.8) is 0 Å². The van der Waals surface area contributed by atoms with E-state index in [-0.39, 0.29) is 11.9 Å². The topological polar surface area (TPSA) is 68.5 Å². The van der Waals surface area contributed by atoms with Crippen molar-refractivity contribution in [1.82, 2.24) is 19.9 Å². The number of hydrogen-bond donors (Lipinski definition) is 1. The predicted octanol–water partition coefficient (Wildman–Crippen LogP) is 4.33. The largest absolute Gasteiger partial charge is 0.378 e. The lowest BCUT2D eigenvalue weighted by molar-refractivity contribution is 0.0203. The number of unbranched alkanes of at least 4 members (excludes halogenated alkanes) is 3. The van der Waals surface area contributed by atoms with Crippen molar-refractivity contribution in [3.8, 4) is 0 Å². The van der Waals surface area contributed by atoms with Crippen LogP contribution >= 0.6 is 11.6 Å². The van der Waals surface area contributed by atoms with E-state index in [4.69, 9.17) is 16.3 Å². The van der Waals surface area contributed by atoms with Gasteiger partial charge in [-0.15, -0.1) is 0 Å². The molecule has 1 amide bonds. The van der Waals surface area contributed by atoms with Gasteiger partial charge in [-0.3, -0.25) is 4.79 Å². The summed E-state index contributed by atoms with van der Waals surface area (Å²) in [5.74, 6) is -0.154. The number of ether oxygens (including phenoxy) is 1. The predicted molar refractivity (Wildman–Crippen MR) is 106 cm³/mol. The molecule has 2 aromatic rings. The first-order chi connectivity index (χ1) is 13.1. The Morgan fingerprint density at radius 3 is 2.81 bits per heavy atom. The van der Waals surface area contributed by atoms with Gasteiger partial charge in [-0.1, -0.05) is 37.8 Å². The van der Waals surface area contributed by atoms with Crippen LogP contribution in [-0.2, 0) is 4.74 Å². The number of nitrogens with one attached hydrogen (secondary N) is 1. The minimum Gasteiger partial charge on any atom is -0.378 e. The van der Waals surface area contributed by atoms with Crippen molar-refractivity contribution in [2.75, 3.05) is 6.61 Å². The average molecular weight is 393 g/mol. The molecule has 1 saturated carbocycles. The number of aromatic nitrogens is 3. The summed E-state index contributed by atoms with van der Waals surface area (Å²) in [4.78, 5) is 16.9. The van der Waals surface area contributed by atoms with Gasteiger partial charge in [0.2, 0.25) is 0 Å². The summed E-state index contributed by atoms with van der Waals surface area (Å²) in [6.07, 6.45) is 10.7. The highest BCUT2D eigenvalue weighted by atomic mass is 35.5. The number of carbonyl (C=O) groups excluding carboxylic acids is 1. The molecule has 0 spiro atoms. The number of imidazole rings is 1. The van der Waals surface area contributed by atoms with Crippen molar-refractivity contribution in [2.45, 2.75) is 77.4 Å². The van der Waals surface area contributed by atoms with Crippen molar-refractivity contribution in [2.24, 2.45) is 0 Å². The molecule has 0 saturated heterocycles. The Balaban J connectivity index is 1.48. The van der Waals surface area contributed by atoms with Crippen LogP contribution in [0.2, 0.25) is 5.15 Å². The maximum absolute atomic E-state index is 12.7. The Morgan fingerprint density at radius 2 is 2.07 bits per heavy atom. The summed E-state index contributed by atoms with van der Waals surface area (Å²) in [5, 5.41) is 7.75. The second-order valence-corrected chi connectivity index (χ2v) is 7.77. The fourth-order valence-electron chi connectivity index (χ4n) is 3.55. The molecule has 1 fully saturated rings. The smallest absolute Gasteiger partial charge is 0.271 e. The number of hydrogen-bond acceptors (Lipinski definition) is 4. The first-order valence-electron chi connectivity index (χ1n) is 10.0. The summed E-state index contributed by atoms with van der Waals surface area (Å²) in [6.45, 7) is 4.94. The number of rotatable bonds is 8. The van der Waals surface area contributed by atoms with Gasteiger partial charge in [-0.2, -0.15) is 5.10 Å². The molecule has 3 rings (SSSR count). The SMILES string of the molecule is CCCCCCOC1CCC(NC(=O)c2cnc3cc(C)c(Cl)nn23)CC1. The molecular formula is C20H29ClN4O2. The second kappa shape index (κ2) is 9.51. The molecular weight excluding hydrogens is 364 g/mol. The normalized spacial score (nSPS) is 20.1. The molecule has 0 radical (unpaired) electrons. The van der Waals surface area contributed by atoms with E-state index in [2.05, 4.69) is 22.3 Å². The van der Waals surface area contributed by atoms with E-state index in [0.717, 1.165) is 44.3 Å². The van der Waals surface area contributed by atoms with E-state index >= 15 is 0 Å². The van der Waals surface area contributed by atoms with E-state index in [9.17, 15) is 4.79 Å². The highest BCUT2D eigenvalue weighted by molar-refractivity contribution is 6.30. The fraction of sp³-hybridized carbons (Fsp3) is 0.650. The average Bonchev–Trinajstić information content (AvgIpc) is 3.06. The third-order valence-electron chi connectivity index (χ3n) is 5.22. The van der Waals surface area contributed by atoms with Gasteiger partial charge in [-0.05, 0) is 50.7 Å². The van der Waals surface area contributed by atoms with Gasteiger partial charge in [0.05, 0.1) is 12.3 Å². The molecule has 0 unspecified atom stereocenters. The zero-order valence-electron chi connectivity index (χ0n) is 16.2. The monoisotopic (exact) mass is 392 g/mol. The Labute approximate surface area is 165 Å². The van der Waals surface area contributed by atoms with Crippen molar-refractivity contribution >= 4 is 23.2 Å². The zero-order chi connectivity index (χ0) is 19.2. The van der Waals surface area contributed by atoms with Gasteiger partial charge in [0.25, 0.3) is 5.91 Å². The number of carbonyl (C=O) groups is 1. The van der Waals surface area contributed by atoms with Crippen molar-refractivity contribution in [1.29, 1.82) is 0 Å². The molecule has 0 aromatic carbocycles. The Bertz CT molecular complexity index is 769. The minimum absolute atomic E-state index is 0.154. The Morgan fingerprint density at radius 1 is 1.30 bits per heavy atom. The van der Waals surface area contributed by atoms with Crippen LogP contribution in [0.5, 0.6) is 0 Å². The minimum atomic E-state index is -0.154. The van der Waals surface area contributed by atoms with E-state index < -0.39 is 0 Å². The van der Waals surface area contributed by atoms with Gasteiger partial charge in [0.1, 0.15) is 0 Å². The third kappa shape index (κ3) is 5.20. The van der Waals surface area contributed by atoms with E-state index in [1.807, 2.05) is 13.0 Å². The van der Waals surface area contributed by atoms with Gasteiger partial charge in [0.15, 0.2) is 16.5 Å². The van der Waals surface area contributed by atoms with Crippen LogP contribution in [0.4, 0.5) is 0 Å². The van der Waals surface area contributed by atoms with Crippen LogP contribution in [0.1, 0.15) is 74.3 Å². The first kappa shape index (κ1) is 20.1. The molecule has 1 N–H and O–H groups in total. The van der Waals surface area contributed by atoms with Gasteiger partial charge in [-0.25, -0.2) is 9.50 Å². The molecule has 0 atom stereocenters. The van der Waals surface area contributed by atoms with Crippen LogP contribution in [0, 0.1) is 6.92 Å². The summed E-state index contributed by atoms with van der Waals surface area (Å²) in [5.41, 5.74) is 1.89. The number of amides is 1. The number of nitrogens with zero attached hydrogens (tertiary/aromatic N) is 3. The molecule has 2 aromatic heterocycles. The number of aryl methyl sites for hydroxylation is 1. The Hall–Kier alpha value is -1.66. The lowest BCUT2D eigenvalue weighted by atomic mass is 9.93. The molecule has 1 aliphatic rings. The van der Waals surface area contributed by atoms with Gasteiger partial charge in [0, 0.05) is 12.6 Å². The fourth-order valence-corrected chi connectivity index (χ4v) is 3.68. The lowest BCUT2D eigenvalue weighted by Gasteiger charge is -2.29. The van der Waals surface area contributed by atoms with Gasteiger partial charge < -0.3 is 10.1 Å². The summed E-state index contributed by atoms with van der Waals surface area (Å²) < 4.78 is 7.50. The standard InChI is InChI=1S/C20H29ClN4O2/c1-3-4-5-6-11-27-16-9-7-15(8-10-16)23-20(26)17-13-22-18-12-14(2)19(21)24-25(17)18/h12-13,15-16H,3-11H2,1-2H3,(H,23,26). The molecule has 1 aliphatic carbocycles. The van der Waals surface area contributed by atoms with Crippen molar-refractivity contribution in [3.05, 3.63) is 28.7 Å². The molecule has 0 bridgehead atoms.